The Morgan fingerprint density at radius 2 is 2.05 bits per heavy atom. The molecule has 4 heterocycles. The number of carbonyl (C=O) groups excluding carboxylic acids is 2. The second-order valence-corrected chi connectivity index (χ2v) is 11.9. The third-order valence-electron chi connectivity index (χ3n) is 5.79. The van der Waals surface area contributed by atoms with E-state index in [-0.39, 0.29) is 18.6 Å². The Hall–Kier alpha value is -4.23. The van der Waals surface area contributed by atoms with Crippen LogP contribution in [0.5, 0.6) is 5.88 Å². The molecule has 0 aliphatic carbocycles. The smallest absolute Gasteiger partial charge is 0.411 e. The highest BCUT2D eigenvalue weighted by Gasteiger charge is 2.22. The fourth-order valence-corrected chi connectivity index (χ4v) is 5.45. The maximum atomic E-state index is 14.1. The molecule has 11 nitrogen and oxygen atoms in total. The van der Waals surface area contributed by atoms with Gasteiger partial charge in [-0.2, -0.15) is 5.10 Å². The maximum Gasteiger partial charge on any atom is 0.411 e. The lowest BCUT2D eigenvalue weighted by atomic mass is 10.1. The lowest BCUT2D eigenvalue weighted by Gasteiger charge is -2.17. The van der Waals surface area contributed by atoms with Gasteiger partial charge in [0.1, 0.15) is 17.2 Å². The molecule has 3 aromatic heterocycles. The first-order valence-corrected chi connectivity index (χ1v) is 15.0. The summed E-state index contributed by atoms with van der Waals surface area (Å²) in [5.41, 5.74) is 2.70. The number of nitrogens with one attached hydrogen (secondary N) is 3. The van der Waals surface area contributed by atoms with Gasteiger partial charge >= 0.3 is 6.09 Å². The largest absolute Gasteiger partial charge is 0.532 e. The Labute approximate surface area is 229 Å². The van der Waals surface area contributed by atoms with Gasteiger partial charge in [0.25, 0.3) is 14.9 Å². The molecule has 0 fully saturated rings. The standard InChI is InChI=1S/C25H25ClFN7O4Si/c1-13(2)37-25(36)32-16-4-5-17(20(26)7-16)19-11-34-22-18(10-31-34)23(35)30-12-39(3)38-24-14(6-15(27)9-29-24)8-28-21(19)33-22/h4-7,9-11,13,39H,8,12H2,1-3H3,(H,28,33)(H,30,35)(H,32,36)/t39-/m0/s1. The number of carbonyl (C=O) groups is 2. The Morgan fingerprint density at radius 3 is 2.82 bits per heavy atom. The van der Waals surface area contributed by atoms with Crippen molar-refractivity contribution in [3.8, 4) is 17.0 Å². The average Bonchev–Trinajstić information content (AvgIpc) is 3.29. The molecule has 5 rings (SSSR count). The van der Waals surface area contributed by atoms with E-state index in [1.54, 1.807) is 38.2 Å². The molecule has 1 atom stereocenters. The van der Waals surface area contributed by atoms with Gasteiger partial charge in [-0.15, -0.1) is 0 Å². The molecule has 4 aromatic rings. The van der Waals surface area contributed by atoms with Gasteiger partial charge in [-0.25, -0.2) is 23.7 Å². The van der Waals surface area contributed by atoms with E-state index in [0.717, 1.165) is 6.20 Å². The molecular weight excluding hydrogens is 545 g/mol. The Morgan fingerprint density at radius 1 is 1.23 bits per heavy atom. The number of benzene rings is 1. The molecule has 0 unspecified atom stereocenters. The molecule has 1 aliphatic heterocycles. The lowest BCUT2D eigenvalue weighted by molar-refractivity contribution is 0.0960. The number of fused-ring (bicyclic) bond motifs is 2. The first-order valence-electron chi connectivity index (χ1n) is 12.2. The summed E-state index contributed by atoms with van der Waals surface area (Å²) >= 11 is 6.65. The second kappa shape index (κ2) is 10.9. The third-order valence-corrected chi connectivity index (χ3v) is 7.50. The van der Waals surface area contributed by atoms with Crippen LogP contribution in [0.15, 0.2) is 42.9 Å². The van der Waals surface area contributed by atoms with Gasteiger partial charge in [0.05, 0.1) is 23.5 Å². The third kappa shape index (κ3) is 5.78. The van der Waals surface area contributed by atoms with Crippen LogP contribution in [0.4, 0.5) is 20.7 Å². The Balaban J connectivity index is 1.58. The van der Waals surface area contributed by atoms with Crippen LogP contribution in [-0.4, -0.2) is 52.9 Å². The van der Waals surface area contributed by atoms with Gasteiger partial charge in [-0.1, -0.05) is 17.7 Å². The van der Waals surface area contributed by atoms with Gasteiger partial charge in [0, 0.05) is 41.3 Å². The van der Waals surface area contributed by atoms with Crippen molar-refractivity contribution in [3.63, 3.8) is 0 Å². The number of nitrogens with zero attached hydrogens (tertiary/aromatic N) is 4. The van der Waals surface area contributed by atoms with Gasteiger partial charge in [0.15, 0.2) is 5.65 Å². The van der Waals surface area contributed by atoms with E-state index in [0.29, 0.717) is 56.5 Å². The predicted molar refractivity (Wildman–Crippen MR) is 146 cm³/mol. The molecule has 3 N–H and O–H groups in total. The second-order valence-electron chi connectivity index (χ2n) is 9.21. The maximum absolute atomic E-state index is 14.1. The van der Waals surface area contributed by atoms with Gasteiger partial charge in [-0.3, -0.25) is 10.1 Å². The number of aromatic nitrogens is 4. The van der Waals surface area contributed by atoms with E-state index >= 15 is 0 Å². The number of hydrogen-bond acceptors (Lipinski definition) is 8. The molecule has 0 spiro atoms. The summed E-state index contributed by atoms with van der Waals surface area (Å²) in [6, 6.07) is 6.33. The topological polar surface area (TPSA) is 132 Å². The molecule has 2 amide bonds. The summed E-state index contributed by atoms with van der Waals surface area (Å²) in [4.78, 5) is 33.8. The molecule has 0 saturated heterocycles. The molecule has 1 aliphatic rings. The Kier molecular flexibility index (Phi) is 7.35. The fourth-order valence-electron chi connectivity index (χ4n) is 4.02. The lowest BCUT2D eigenvalue weighted by Crippen LogP contribution is -2.37. The zero-order chi connectivity index (χ0) is 27.7. The normalized spacial score (nSPS) is 15.3. The molecular formula is C25H25ClFN7O4Si. The first kappa shape index (κ1) is 26.4. The summed E-state index contributed by atoms with van der Waals surface area (Å²) in [5, 5.41) is 13.4. The fraction of sp³-hybridized carbons (Fsp3) is 0.240. The van der Waals surface area contributed by atoms with Crippen molar-refractivity contribution >= 4 is 49.8 Å². The number of rotatable bonds is 3. The summed E-state index contributed by atoms with van der Waals surface area (Å²) in [6.07, 6.45) is 3.68. The zero-order valence-electron chi connectivity index (χ0n) is 21.3. The SMILES string of the molecule is CC(C)OC(=O)Nc1ccc(-c2cn3ncc4c3nc2NCc2cc(F)cnc2O[Si@@H](C)CNC4=O)c(Cl)c1. The van der Waals surface area contributed by atoms with Crippen LogP contribution in [0.2, 0.25) is 11.6 Å². The Bertz CT molecular complexity index is 1580. The zero-order valence-corrected chi connectivity index (χ0v) is 23.2. The van der Waals surface area contributed by atoms with Gasteiger partial charge < -0.3 is 19.8 Å². The highest BCUT2D eigenvalue weighted by atomic mass is 35.5. The monoisotopic (exact) mass is 569 g/mol. The summed E-state index contributed by atoms with van der Waals surface area (Å²) < 4.78 is 26.7. The average molecular weight is 570 g/mol. The van der Waals surface area contributed by atoms with Crippen molar-refractivity contribution in [1.82, 2.24) is 24.9 Å². The van der Waals surface area contributed by atoms with Gasteiger partial charge in [0.2, 0.25) is 5.88 Å². The summed E-state index contributed by atoms with van der Waals surface area (Å²) in [6.45, 7) is 5.55. The van der Waals surface area contributed by atoms with Crippen LogP contribution in [0.1, 0.15) is 29.8 Å². The summed E-state index contributed by atoms with van der Waals surface area (Å²) in [7, 11) is -1.94. The minimum atomic E-state index is -1.94. The number of pyridine rings is 1. The van der Waals surface area contributed by atoms with E-state index in [1.807, 2.05) is 6.55 Å². The van der Waals surface area contributed by atoms with E-state index in [1.165, 1.54) is 16.8 Å². The van der Waals surface area contributed by atoms with Crippen LogP contribution in [0.3, 0.4) is 0 Å². The molecule has 2 bridgehead atoms. The molecule has 1 aromatic carbocycles. The molecule has 14 heteroatoms. The van der Waals surface area contributed by atoms with Crippen molar-refractivity contribution in [2.24, 2.45) is 0 Å². The highest BCUT2D eigenvalue weighted by Crippen LogP contribution is 2.35. The van der Waals surface area contributed by atoms with E-state index < -0.39 is 21.0 Å². The van der Waals surface area contributed by atoms with Crippen LogP contribution in [0, 0.1) is 5.82 Å². The van der Waals surface area contributed by atoms with Crippen molar-refractivity contribution in [2.45, 2.75) is 33.0 Å². The van der Waals surface area contributed by atoms with Crippen molar-refractivity contribution in [2.75, 3.05) is 16.8 Å². The number of halogens is 2. The molecule has 202 valence electrons. The van der Waals surface area contributed by atoms with Crippen molar-refractivity contribution in [1.29, 1.82) is 0 Å². The number of ether oxygens (including phenoxy) is 1. The van der Waals surface area contributed by atoms with E-state index in [4.69, 9.17) is 25.7 Å². The minimum Gasteiger partial charge on any atom is -0.532 e. The quantitative estimate of drug-likeness (QED) is 0.313. The molecule has 0 saturated carbocycles. The van der Waals surface area contributed by atoms with Crippen LogP contribution < -0.4 is 20.4 Å². The van der Waals surface area contributed by atoms with Crippen LogP contribution in [-0.2, 0) is 11.3 Å². The molecule has 39 heavy (non-hydrogen) atoms. The summed E-state index contributed by atoms with van der Waals surface area (Å²) in [5.74, 6) is -0.176. The number of amides is 2. The van der Waals surface area contributed by atoms with Crippen molar-refractivity contribution < 1.29 is 23.1 Å². The van der Waals surface area contributed by atoms with Crippen LogP contribution in [0.25, 0.3) is 16.8 Å². The number of hydrogen-bond donors (Lipinski definition) is 3. The van der Waals surface area contributed by atoms with Gasteiger partial charge in [-0.05, 0) is 38.6 Å². The predicted octanol–water partition coefficient (Wildman–Crippen LogP) is 4.17. The highest BCUT2D eigenvalue weighted by molar-refractivity contribution is 6.51. The van der Waals surface area contributed by atoms with E-state index in [2.05, 4.69) is 26.0 Å². The molecule has 0 radical (unpaired) electrons. The number of anilines is 2. The van der Waals surface area contributed by atoms with E-state index in [9.17, 15) is 14.0 Å². The first-order chi connectivity index (χ1) is 18.7. The minimum absolute atomic E-state index is 0.139. The van der Waals surface area contributed by atoms with Crippen molar-refractivity contribution in [3.05, 3.63) is 64.8 Å². The van der Waals surface area contributed by atoms with Crippen LogP contribution >= 0.6 is 11.6 Å².